The maximum absolute atomic E-state index is 14.3. The summed E-state index contributed by atoms with van der Waals surface area (Å²) in [6, 6.07) is 20.0. The van der Waals surface area contributed by atoms with Gasteiger partial charge in [-0.05, 0) is 77.5 Å². The number of carboxylic acids is 1. The van der Waals surface area contributed by atoms with E-state index in [1.165, 1.54) is 22.4 Å². The van der Waals surface area contributed by atoms with Crippen LogP contribution in [0.15, 0.2) is 60.7 Å². The molecule has 0 saturated heterocycles. The zero-order valence-corrected chi connectivity index (χ0v) is 17.2. The summed E-state index contributed by atoms with van der Waals surface area (Å²) in [6.45, 7) is 1.77. The molecule has 4 rings (SSSR count). The van der Waals surface area contributed by atoms with Crippen LogP contribution in [0, 0.1) is 11.7 Å². The van der Waals surface area contributed by atoms with E-state index in [9.17, 15) is 9.18 Å². The van der Waals surface area contributed by atoms with Crippen molar-refractivity contribution in [3.8, 4) is 5.75 Å². The number of hydrogen-bond donors (Lipinski definition) is 1. The lowest BCUT2D eigenvalue weighted by Gasteiger charge is -2.19. The van der Waals surface area contributed by atoms with Crippen LogP contribution in [0.25, 0.3) is 10.8 Å². The molecule has 0 heterocycles. The summed E-state index contributed by atoms with van der Waals surface area (Å²) in [7, 11) is 0. The molecule has 1 fully saturated rings. The molecule has 156 valence electrons. The highest BCUT2D eigenvalue weighted by molar-refractivity contribution is 5.86. The van der Waals surface area contributed by atoms with Crippen molar-refractivity contribution in [3.63, 3.8) is 0 Å². The van der Waals surface area contributed by atoms with Gasteiger partial charge in [0.25, 0.3) is 0 Å². The number of aliphatic carboxylic acids is 1. The van der Waals surface area contributed by atoms with E-state index < -0.39 is 18.4 Å². The minimum absolute atomic E-state index is 0.000255. The average Bonchev–Trinajstić information content (AvgIpc) is 3.20. The number of fused-ring (bicyclic) bond motifs is 1. The molecule has 0 amide bonds. The van der Waals surface area contributed by atoms with Crippen molar-refractivity contribution in [2.24, 2.45) is 5.92 Å². The molecular weight excluding hydrogens is 379 g/mol. The Bertz CT molecular complexity index is 1040. The average molecular weight is 406 g/mol. The molecule has 0 unspecified atom stereocenters. The molecule has 3 atom stereocenters. The second-order valence-corrected chi connectivity index (χ2v) is 8.45. The molecule has 0 aromatic heterocycles. The van der Waals surface area contributed by atoms with Gasteiger partial charge in [0, 0.05) is 0 Å². The first-order valence-corrected chi connectivity index (χ1v) is 10.6. The van der Waals surface area contributed by atoms with Gasteiger partial charge in [0.15, 0.2) is 18.2 Å². The standard InChI is InChI=1S/C26H27FO3/c1-17(22-8-4-6-19-5-2-3-7-23(19)22)13-18-9-10-20(14-18)21-11-12-25(24(27)15-21)30-16-26(28)29/h2-8,11-12,15,17-18,20H,9-10,13-14,16H2,1H3,(H,28,29)/t17-,18+,20+/m0/s1. The SMILES string of the molecule is C[C@@H](C[C@H]1CC[C@@H](c2ccc(OCC(=O)O)c(F)c2)C1)c1cccc2ccccc12. The fourth-order valence-electron chi connectivity index (χ4n) is 4.93. The predicted molar refractivity (Wildman–Crippen MR) is 117 cm³/mol. The van der Waals surface area contributed by atoms with Gasteiger partial charge >= 0.3 is 5.97 Å². The Hall–Kier alpha value is -2.88. The molecule has 1 aliphatic rings. The van der Waals surface area contributed by atoms with Crippen LogP contribution < -0.4 is 4.74 Å². The van der Waals surface area contributed by atoms with Gasteiger partial charge in [0.1, 0.15) is 0 Å². The van der Waals surface area contributed by atoms with E-state index in [1.807, 2.05) is 6.07 Å². The van der Waals surface area contributed by atoms with E-state index in [1.54, 1.807) is 6.07 Å². The first kappa shape index (κ1) is 20.4. The summed E-state index contributed by atoms with van der Waals surface area (Å²) in [5.74, 6) is -0.157. The van der Waals surface area contributed by atoms with Crippen molar-refractivity contribution in [2.75, 3.05) is 6.61 Å². The molecule has 3 aromatic rings. The van der Waals surface area contributed by atoms with Gasteiger partial charge in [0.05, 0.1) is 0 Å². The third-order valence-corrected chi connectivity index (χ3v) is 6.36. The molecule has 0 bridgehead atoms. The molecule has 0 radical (unpaired) electrons. The Balaban J connectivity index is 1.41. The Morgan fingerprint density at radius 2 is 1.93 bits per heavy atom. The van der Waals surface area contributed by atoms with E-state index in [2.05, 4.69) is 49.4 Å². The number of rotatable bonds is 7. The minimum atomic E-state index is -1.11. The first-order valence-electron chi connectivity index (χ1n) is 10.6. The number of ether oxygens (including phenoxy) is 1. The van der Waals surface area contributed by atoms with Crippen LogP contribution in [0.2, 0.25) is 0 Å². The highest BCUT2D eigenvalue weighted by atomic mass is 19.1. The molecule has 3 aromatic carbocycles. The highest BCUT2D eigenvalue weighted by Crippen LogP contribution is 2.43. The van der Waals surface area contributed by atoms with Crippen molar-refractivity contribution in [2.45, 2.75) is 44.4 Å². The number of benzene rings is 3. The summed E-state index contributed by atoms with van der Waals surface area (Å²) in [5, 5.41) is 11.3. The van der Waals surface area contributed by atoms with Crippen molar-refractivity contribution in [1.29, 1.82) is 0 Å². The van der Waals surface area contributed by atoms with Gasteiger partial charge in [0.2, 0.25) is 0 Å². The molecule has 30 heavy (non-hydrogen) atoms. The lowest BCUT2D eigenvalue weighted by molar-refractivity contribution is -0.139. The summed E-state index contributed by atoms with van der Waals surface area (Å²) < 4.78 is 19.3. The number of hydrogen-bond acceptors (Lipinski definition) is 2. The fraction of sp³-hybridized carbons (Fsp3) is 0.346. The van der Waals surface area contributed by atoms with E-state index in [0.29, 0.717) is 17.8 Å². The summed E-state index contributed by atoms with van der Waals surface area (Å²) in [6.07, 6.45) is 4.40. The zero-order chi connectivity index (χ0) is 21.1. The Labute approximate surface area is 176 Å². The number of halogens is 1. The van der Waals surface area contributed by atoms with Crippen molar-refractivity contribution in [1.82, 2.24) is 0 Å². The van der Waals surface area contributed by atoms with Gasteiger partial charge < -0.3 is 9.84 Å². The molecular formula is C26H27FO3. The molecule has 3 nitrogen and oxygen atoms in total. The summed E-state index contributed by atoms with van der Waals surface area (Å²) in [4.78, 5) is 10.6. The molecule has 1 N–H and O–H groups in total. The van der Waals surface area contributed by atoms with Crippen molar-refractivity contribution < 1.29 is 19.0 Å². The molecule has 1 saturated carbocycles. The smallest absolute Gasteiger partial charge is 0.341 e. The molecule has 0 spiro atoms. The zero-order valence-electron chi connectivity index (χ0n) is 17.2. The van der Waals surface area contributed by atoms with Crippen LogP contribution in [0.1, 0.15) is 55.6 Å². The summed E-state index contributed by atoms with van der Waals surface area (Å²) >= 11 is 0. The second kappa shape index (κ2) is 8.86. The molecule has 4 heteroatoms. The third kappa shape index (κ3) is 4.48. The monoisotopic (exact) mass is 406 g/mol. The second-order valence-electron chi connectivity index (χ2n) is 8.45. The molecule has 1 aliphatic carbocycles. The van der Waals surface area contributed by atoms with Crippen LogP contribution in [-0.2, 0) is 4.79 Å². The first-order chi connectivity index (χ1) is 14.5. The van der Waals surface area contributed by atoms with Crippen LogP contribution in [0.5, 0.6) is 5.75 Å². The normalized spacial score (nSPS) is 19.7. The maximum atomic E-state index is 14.3. The van der Waals surface area contributed by atoms with Gasteiger partial charge in [-0.1, -0.05) is 55.5 Å². The van der Waals surface area contributed by atoms with Gasteiger partial charge in [-0.15, -0.1) is 0 Å². The Kier molecular flexibility index (Phi) is 6.03. The number of carboxylic acid groups (broad SMARTS) is 1. The van der Waals surface area contributed by atoms with Crippen LogP contribution in [0.4, 0.5) is 4.39 Å². The van der Waals surface area contributed by atoms with Crippen LogP contribution >= 0.6 is 0 Å². The number of carbonyl (C=O) groups is 1. The van der Waals surface area contributed by atoms with E-state index in [0.717, 1.165) is 31.2 Å². The quantitative estimate of drug-likeness (QED) is 0.486. The molecule has 0 aliphatic heterocycles. The van der Waals surface area contributed by atoms with Crippen molar-refractivity contribution >= 4 is 16.7 Å². The lowest BCUT2D eigenvalue weighted by atomic mass is 9.86. The third-order valence-electron chi connectivity index (χ3n) is 6.36. The summed E-state index contributed by atoms with van der Waals surface area (Å²) in [5.41, 5.74) is 2.39. The van der Waals surface area contributed by atoms with Crippen LogP contribution in [0.3, 0.4) is 0 Å². The Morgan fingerprint density at radius 3 is 2.73 bits per heavy atom. The predicted octanol–water partition coefficient (Wildman–Crippen LogP) is 6.52. The van der Waals surface area contributed by atoms with Crippen LogP contribution in [-0.4, -0.2) is 17.7 Å². The van der Waals surface area contributed by atoms with E-state index in [-0.39, 0.29) is 5.75 Å². The van der Waals surface area contributed by atoms with E-state index in [4.69, 9.17) is 9.84 Å². The Morgan fingerprint density at radius 1 is 1.13 bits per heavy atom. The van der Waals surface area contributed by atoms with Gasteiger partial charge in [-0.2, -0.15) is 0 Å². The van der Waals surface area contributed by atoms with E-state index >= 15 is 0 Å². The van der Waals surface area contributed by atoms with Crippen molar-refractivity contribution in [3.05, 3.63) is 77.6 Å². The maximum Gasteiger partial charge on any atom is 0.341 e. The highest BCUT2D eigenvalue weighted by Gasteiger charge is 2.28. The van der Waals surface area contributed by atoms with Gasteiger partial charge in [-0.25, -0.2) is 9.18 Å². The fourth-order valence-corrected chi connectivity index (χ4v) is 4.93. The van der Waals surface area contributed by atoms with Gasteiger partial charge in [-0.3, -0.25) is 0 Å². The lowest BCUT2D eigenvalue weighted by Crippen LogP contribution is -2.10. The topological polar surface area (TPSA) is 46.5 Å². The minimum Gasteiger partial charge on any atom is -0.479 e. The largest absolute Gasteiger partial charge is 0.479 e.